The summed E-state index contributed by atoms with van der Waals surface area (Å²) in [5, 5.41) is 0. The van der Waals surface area contributed by atoms with Gasteiger partial charge in [0.25, 0.3) is 0 Å². The van der Waals surface area contributed by atoms with Crippen LogP contribution in [0.5, 0.6) is 0 Å². The van der Waals surface area contributed by atoms with E-state index in [-0.39, 0.29) is 0 Å². The van der Waals surface area contributed by atoms with Crippen LogP contribution in [0, 0.1) is 17.8 Å². The third kappa shape index (κ3) is 3.21. The van der Waals surface area contributed by atoms with Crippen LogP contribution in [0.2, 0.25) is 0 Å². The highest BCUT2D eigenvalue weighted by Gasteiger charge is 2.27. The Kier molecular flexibility index (Phi) is 4.03. The number of furan rings is 1. The minimum Gasteiger partial charge on any atom is -0.472 e. The van der Waals surface area contributed by atoms with E-state index in [1.807, 2.05) is 6.07 Å². The monoisotopic (exact) mass is 234 g/mol. The number of Topliss-reactive ketones (excluding diaryl/α,β-unsaturated/α-hetero) is 1. The van der Waals surface area contributed by atoms with Crippen molar-refractivity contribution in [2.75, 3.05) is 0 Å². The normalized spacial score (nSPS) is 25.1. The van der Waals surface area contributed by atoms with E-state index in [2.05, 4.69) is 13.8 Å². The molecule has 1 aromatic rings. The first kappa shape index (κ1) is 12.4. The lowest BCUT2D eigenvalue weighted by Gasteiger charge is -2.30. The van der Waals surface area contributed by atoms with Crippen LogP contribution in [-0.2, 0) is 11.2 Å². The highest BCUT2D eigenvalue weighted by Crippen LogP contribution is 2.34. The summed E-state index contributed by atoms with van der Waals surface area (Å²) in [5.41, 5.74) is 1.01. The van der Waals surface area contributed by atoms with Crippen LogP contribution in [0.1, 0.15) is 45.1 Å². The van der Waals surface area contributed by atoms with Crippen molar-refractivity contribution in [2.24, 2.45) is 17.8 Å². The van der Waals surface area contributed by atoms with Crippen LogP contribution in [-0.4, -0.2) is 5.78 Å². The molecular formula is C15H22O2. The number of carbonyl (C=O) groups excluding carboxylic acids is 1. The molecule has 0 bridgehead atoms. The Balaban J connectivity index is 1.82. The van der Waals surface area contributed by atoms with Gasteiger partial charge in [0.15, 0.2) is 0 Å². The maximum Gasteiger partial charge on any atom is 0.140 e. The van der Waals surface area contributed by atoms with Crippen LogP contribution < -0.4 is 0 Å². The van der Waals surface area contributed by atoms with Crippen LogP contribution in [0.3, 0.4) is 0 Å². The molecule has 1 aromatic heterocycles. The smallest absolute Gasteiger partial charge is 0.140 e. The molecule has 1 heterocycles. The lowest BCUT2D eigenvalue weighted by Crippen LogP contribution is -2.25. The van der Waals surface area contributed by atoms with E-state index >= 15 is 0 Å². The number of rotatable bonds is 4. The molecule has 17 heavy (non-hydrogen) atoms. The molecule has 2 heteroatoms. The zero-order valence-corrected chi connectivity index (χ0v) is 10.8. The van der Waals surface area contributed by atoms with Crippen LogP contribution in [0.15, 0.2) is 23.0 Å². The Hall–Kier alpha value is -1.05. The molecule has 0 unspecified atom stereocenters. The summed E-state index contributed by atoms with van der Waals surface area (Å²) in [4.78, 5) is 12.1. The first-order valence-electron chi connectivity index (χ1n) is 6.70. The Morgan fingerprint density at radius 3 is 2.59 bits per heavy atom. The number of ketones is 1. The first-order valence-corrected chi connectivity index (χ1v) is 6.70. The lowest BCUT2D eigenvalue weighted by atomic mass is 9.75. The average Bonchev–Trinajstić information content (AvgIpc) is 2.82. The number of hydrogen-bond donors (Lipinski definition) is 0. The van der Waals surface area contributed by atoms with Crippen molar-refractivity contribution in [3.8, 4) is 0 Å². The fourth-order valence-electron chi connectivity index (χ4n) is 2.85. The van der Waals surface area contributed by atoms with Crippen molar-refractivity contribution in [2.45, 2.75) is 46.0 Å². The molecule has 2 nitrogen and oxygen atoms in total. The summed E-state index contributed by atoms with van der Waals surface area (Å²) in [6, 6.07) is 1.89. The Morgan fingerprint density at radius 2 is 2.06 bits per heavy atom. The molecule has 1 aliphatic rings. The van der Waals surface area contributed by atoms with Crippen LogP contribution in [0.25, 0.3) is 0 Å². The fraction of sp³-hybridized carbons (Fsp3) is 0.667. The van der Waals surface area contributed by atoms with E-state index in [1.165, 1.54) is 12.8 Å². The predicted molar refractivity (Wildman–Crippen MR) is 67.7 cm³/mol. The van der Waals surface area contributed by atoms with Gasteiger partial charge in [-0.15, -0.1) is 0 Å². The van der Waals surface area contributed by atoms with Gasteiger partial charge >= 0.3 is 0 Å². The summed E-state index contributed by atoms with van der Waals surface area (Å²) in [6.45, 7) is 4.58. The van der Waals surface area contributed by atoms with Gasteiger partial charge in [0.05, 0.1) is 12.5 Å². The Labute approximate surface area is 103 Å². The van der Waals surface area contributed by atoms with E-state index in [0.717, 1.165) is 30.2 Å². The molecule has 94 valence electrons. The van der Waals surface area contributed by atoms with Gasteiger partial charge in [0.1, 0.15) is 5.78 Å². The SMILES string of the molecule is CC(C)C1CCC(C(=O)Cc2ccoc2)CC1. The number of hydrogen-bond acceptors (Lipinski definition) is 2. The summed E-state index contributed by atoms with van der Waals surface area (Å²) in [6.07, 6.45) is 8.47. The standard InChI is InChI=1S/C15H22O2/c1-11(2)13-3-5-14(6-4-13)15(16)9-12-7-8-17-10-12/h7-8,10-11,13-14H,3-6,9H2,1-2H3. The zero-order chi connectivity index (χ0) is 12.3. The Morgan fingerprint density at radius 1 is 1.35 bits per heavy atom. The summed E-state index contributed by atoms with van der Waals surface area (Å²) in [7, 11) is 0. The molecular weight excluding hydrogens is 212 g/mol. The fourth-order valence-corrected chi connectivity index (χ4v) is 2.85. The molecule has 1 saturated carbocycles. The largest absolute Gasteiger partial charge is 0.472 e. The topological polar surface area (TPSA) is 30.2 Å². The average molecular weight is 234 g/mol. The molecule has 0 aliphatic heterocycles. The van der Waals surface area contributed by atoms with Crippen molar-refractivity contribution in [3.05, 3.63) is 24.2 Å². The van der Waals surface area contributed by atoms with Gasteiger partial charge in [-0.3, -0.25) is 4.79 Å². The number of carbonyl (C=O) groups is 1. The molecule has 0 saturated heterocycles. The molecule has 1 aliphatic carbocycles. The maximum absolute atomic E-state index is 12.1. The molecule has 0 N–H and O–H groups in total. The van der Waals surface area contributed by atoms with Crippen molar-refractivity contribution >= 4 is 5.78 Å². The highest BCUT2D eigenvalue weighted by molar-refractivity contribution is 5.83. The summed E-state index contributed by atoms with van der Waals surface area (Å²) in [5.74, 6) is 2.28. The van der Waals surface area contributed by atoms with E-state index in [0.29, 0.717) is 18.1 Å². The summed E-state index contributed by atoms with van der Waals surface area (Å²) >= 11 is 0. The third-order valence-corrected chi connectivity index (χ3v) is 4.13. The second-order valence-corrected chi connectivity index (χ2v) is 5.63. The third-order valence-electron chi connectivity index (χ3n) is 4.13. The maximum atomic E-state index is 12.1. The molecule has 0 spiro atoms. The second-order valence-electron chi connectivity index (χ2n) is 5.63. The van der Waals surface area contributed by atoms with Gasteiger partial charge in [-0.2, -0.15) is 0 Å². The highest BCUT2D eigenvalue weighted by atomic mass is 16.3. The van der Waals surface area contributed by atoms with Crippen molar-refractivity contribution < 1.29 is 9.21 Å². The first-order chi connectivity index (χ1) is 8.16. The van der Waals surface area contributed by atoms with Gasteiger partial charge in [0.2, 0.25) is 0 Å². The minimum atomic E-state index is 0.292. The van der Waals surface area contributed by atoms with Gasteiger partial charge in [-0.05, 0) is 49.1 Å². The van der Waals surface area contributed by atoms with Crippen molar-refractivity contribution in [1.29, 1.82) is 0 Å². The van der Waals surface area contributed by atoms with E-state index in [1.54, 1.807) is 12.5 Å². The van der Waals surface area contributed by atoms with Crippen molar-refractivity contribution in [1.82, 2.24) is 0 Å². The second kappa shape index (κ2) is 5.52. The van der Waals surface area contributed by atoms with E-state index in [4.69, 9.17) is 4.42 Å². The minimum absolute atomic E-state index is 0.292. The van der Waals surface area contributed by atoms with Gasteiger partial charge in [-0.1, -0.05) is 13.8 Å². The van der Waals surface area contributed by atoms with Crippen LogP contribution in [0.4, 0.5) is 0 Å². The summed E-state index contributed by atoms with van der Waals surface area (Å²) < 4.78 is 5.00. The molecule has 0 aromatic carbocycles. The predicted octanol–water partition coefficient (Wildman–Crippen LogP) is 3.85. The van der Waals surface area contributed by atoms with Gasteiger partial charge < -0.3 is 4.42 Å². The molecule has 0 atom stereocenters. The molecule has 0 radical (unpaired) electrons. The van der Waals surface area contributed by atoms with Gasteiger partial charge in [0, 0.05) is 12.3 Å². The quantitative estimate of drug-likeness (QED) is 0.792. The van der Waals surface area contributed by atoms with Gasteiger partial charge in [-0.25, -0.2) is 0 Å². The molecule has 0 amide bonds. The van der Waals surface area contributed by atoms with E-state index < -0.39 is 0 Å². The van der Waals surface area contributed by atoms with E-state index in [9.17, 15) is 4.79 Å². The zero-order valence-electron chi connectivity index (χ0n) is 10.8. The lowest BCUT2D eigenvalue weighted by molar-refractivity contribution is -0.123. The van der Waals surface area contributed by atoms with Crippen LogP contribution >= 0.6 is 0 Å². The molecule has 2 rings (SSSR count). The molecule has 1 fully saturated rings. The van der Waals surface area contributed by atoms with Crippen molar-refractivity contribution in [3.63, 3.8) is 0 Å². The Bertz CT molecular complexity index is 343.